The quantitative estimate of drug-likeness (QED) is 0.278. The maximum Gasteiger partial charge on any atom is 0.319 e. The molecule has 2 aromatic carbocycles. The summed E-state index contributed by atoms with van der Waals surface area (Å²) in [5.74, 6) is -3.20. The summed E-state index contributed by atoms with van der Waals surface area (Å²) < 4.78 is 74.3. The average molecular weight is 601 g/mol. The van der Waals surface area contributed by atoms with Crippen molar-refractivity contribution in [2.24, 2.45) is 5.41 Å². The van der Waals surface area contributed by atoms with Crippen LogP contribution in [-0.4, -0.2) is 61.5 Å². The molecule has 2 aromatic heterocycles. The van der Waals surface area contributed by atoms with Crippen molar-refractivity contribution in [2.75, 3.05) is 38.3 Å². The fourth-order valence-corrected chi connectivity index (χ4v) is 6.07. The number of fused-ring (bicyclic) bond motifs is 1. The summed E-state index contributed by atoms with van der Waals surface area (Å²) in [6.45, 7) is 2.98. The highest BCUT2D eigenvalue weighted by atomic mass is 32.2. The van der Waals surface area contributed by atoms with Crippen molar-refractivity contribution in [1.82, 2.24) is 14.3 Å². The van der Waals surface area contributed by atoms with Gasteiger partial charge in [0.2, 0.25) is 0 Å². The predicted molar refractivity (Wildman–Crippen MR) is 146 cm³/mol. The van der Waals surface area contributed by atoms with E-state index in [0.29, 0.717) is 19.8 Å². The average Bonchev–Trinajstić information content (AvgIpc) is 3.34. The zero-order valence-electron chi connectivity index (χ0n) is 22.3. The molecule has 0 bridgehead atoms. The number of aliphatic hydroxyl groups is 1. The molecule has 0 aliphatic carbocycles. The molecule has 14 heteroatoms. The summed E-state index contributed by atoms with van der Waals surface area (Å²) in [4.78, 5) is 16.4. The van der Waals surface area contributed by atoms with Gasteiger partial charge in [-0.15, -0.1) is 0 Å². The van der Waals surface area contributed by atoms with Crippen LogP contribution in [0.15, 0.2) is 65.8 Å². The summed E-state index contributed by atoms with van der Waals surface area (Å²) in [7, 11) is -4.18. The van der Waals surface area contributed by atoms with Crippen LogP contribution in [0.5, 0.6) is 11.5 Å². The summed E-state index contributed by atoms with van der Waals surface area (Å²) in [6.07, 6.45) is 2.44. The van der Waals surface area contributed by atoms with Gasteiger partial charge in [-0.3, -0.25) is 0 Å². The van der Waals surface area contributed by atoms with E-state index in [2.05, 4.69) is 15.6 Å². The van der Waals surface area contributed by atoms with Crippen LogP contribution < -0.4 is 15.4 Å². The minimum absolute atomic E-state index is 0.0299. The Morgan fingerprint density at radius 3 is 2.36 bits per heavy atom. The molecule has 2 amide bonds. The van der Waals surface area contributed by atoms with E-state index in [1.54, 1.807) is 18.2 Å². The second kappa shape index (κ2) is 10.3. The van der Waals surface area contributed by atoms with Gasteiger partial charge in [0.05, 0.1) is 36.7 Å². The molecule has 6 rings (SSSR count). The number of amides is 2. The number of carbonyl (C=O) groups is 1. The molecule has 42 heavy (non-hydrogen) atoms. The molecule has 2 saturated heterocycles. The SMILES string of the molecule is CC1(CNC(=O)Nc2cc(F)c(Oc3ccnc4c3c(C3(O)COC3)cn4S(=O)(=O)c3ccccc3)c(F)c2)COC1. The van der Waals surface area contributed by atoms with Crippen molar-refractivity contribution in [3.05, 3.63) is 78.1 Å². The first-order valence-electron chi connectivity index (χ1n) is 12.9. The zero-order valence-corrected chi connectivity index (χ0v) is 23.1. The predicted octanol–water partition coefficient (Wildman–Crippen LogP) is 3.72. The van der Waals surface area contributed by atoms with Crippen molar-refractivity contribution < 1.29 is 41.3 Å². The van der Waals surface area contributed by atoms with Crippen molar-refractivity contribution in [1.29, 1.82) is 0 Å². The molecule has 4 aromatic rings. The van der Waals surface area contributed by atoms with E-state index < -0.39 is 39.0 Å². The smallest absolute Gasteiger partial charge is 0.319 e. The number of hydrogen-bond donors (Lipinski definition) is 3. The Morgan fingerprint density at radius 2 is 1.76 bits per heavy atom. The Labute approximate surface area is 239 Å². The van der Waals surface area contributed by atoms with Crippen LogP contribution in [0.4, 0.5) is 19.3 Å². The highest BCUT2D eigenvalue weighted by Crippen LogP contribution is 2.42. The van der Waals surface area contributed by atoms with Gasteiger partial charge >= 0.3 is 6.03 Å². The molecule has 0 saturated carbocycles. The zero-order chi connectivity index (χ0) is 29.7. The molecule has 0 atom stereocenters. The van der Waals surface area contributed by atoms with Gasteiger partial charge in [-0.2, -0.15) is 0 Å². The fourth-order valence-electron chi connectivity index (χ4n) is 4.74. The first-order chi connectivity index (χ1) is 20.0. The first-order valence-corrected chi connectivity index (χ1v) is 14.3. The second-order valence-corrected chi connectivity index (χ2v) is 12.5. The molecular formula is C28H26F2N4O7S. The van der Waals surface area contributed by atoms with E-state index in [4.69, 9.17) is 14.2 Å². The third kappa shape index (κ3) is 4.96. The van der Waals surface area contributed by atoms with Crippen LogP contribution in [-0.2, 0) is 25.1 Å². The van der Waals surface area contributed by atoms with Crippen LogP contribution >= 0.6 is 0 Å². The lowest BCUT2D eigenvalue weighted by Crippen LogP contribution is -2.49. The second-order valence-electron chi connectivity index (χ2n) is 10.7. The third-order valence-electron chi connectivity index (χ3n) is 7.15. The number of nitrogens with one attached hydrogen (secondary N) is 2. The number of nitrogens with zero attached hydrogens (tertiary/aromatic N) is 2. The topological polar surface area (TPSA) is 141 Å². The monoisotopic (exact) mass is 600 g/mol. The maximum atomic E-state index is 15.2. The summed E-state index contributed by atoms with van der Waals surface area (Å²) in [5.41, 5.74) is -1.94. The van der Waals surface area contributed by atoms with Crippen molar-refractivity contribution >= 4 is 32.8 Å². The molecule has 0 radical (unpaired) electrons. The highest BCUT2D eigenvalue weighted by Gasteiger charge is 2.43. The Morgan fingerprint density at radius 1 is 1.10 bits per heavy atom. The molecule has 220 valence electrons. The van der Waals surface area contributed by atoms with Gasteiger partial charge < -0.3 is 30.0 Å². The van der Waals surface area contributed by atoms with E-state index in [-0.39, 0.29) is 51.6 Å². The molecule has 2 aliphatic heterocycles. The number of pyridine rings is 1. The number of urea groups is 1. The summed E-state index contributed by atoms with van der Waals surface area (Å²) in [5, 5.41) is 16.2. The summed E-state index contributed by atoms with van der Waals surface area (Å²) >= 11 is 0. The van der Waals surface area contributed by atoms with E-state index >= 15 is 8.78 Å². The lowest BCUT2D eigenvalue weighted by molar-refractivity contribution is -0.183. The highest BCUT2D eigenvalue weighted by molar-refractivity contribution is 7.90. The Hall–Kier alpha value is -4.11. The van der Waals surface area contributed by atoms with Gasteiger partial charge in [-0.25, -0.2) is 30.9 Å². The minimum atomic E-state index is -4.18. The van der Waals surface area contributed by atoms with Gasteiger partial charge in [-0.1, -0.05) is 25.1 Å². The molecule has 11 nitrogen and oxygen atoms in total. The minimum Gasteiger partial charge on any atom is -0.450 e. The number of halogens is 2. The van der Waals surface area contributed by atoms with Gasteiger partial charge in [-0.05, 0) is 18.2 Å². The van der Waals surface area contributed by atoms with Crippen molar-refractivity contribution in [3.8, 4) is 11.5 Å². The number of benzene rings is 2. The van der Waals surface area contributed by atoms with Crippen molar-refractivity contribution in [2.45, 2.75) is 17.4 Å². The van der Waals surface area contributed by atoms with E-state index in [9.17, 15) is 18.3 Å². The lowest BCUT2D eigenvalue weighted by atomic mass is 9.89. The van der Waals surface area contributed by atoms with E-state index in [1.165, 1.54) is 30.6 Å². The van der Waals surface area contributed by atoms with Crippen LogP contribution in [0.25, 0.3) is 11.0 Å². The molecule has 4 heterocycles. The number of hydrogen-bond acceptors (Lipinski definition) is 8. The van der Waals surface area contributed by atoms with Crippen LogP contribution in [0.2, 0.25) is 0 Å². The third-order valence-corrected chi connectivity index (χ3v) is 8.81. The number of ether oxygens (including phenoxy) is 3. The van der Waals surface area contributed by atoms with Gasteiger partial charge in [0.25, 0.3) is 10.0 Å². The Kier molecular flexibility index (Phi) is 6.88. The van der Waals surface area contributed by atoms with Crippen LogP contribution in [0.1, 0.15) is 12.5 Å². The normalized spacial score (nSPS) is 17.2. The van der Waals surface area contributed by atoms with Gasteiger partial charge in [0.1, 0.15) is 11.4 Å². The molecule has 2 aliphatic rings. The number of aromatic nitrogens is 2. The number of carbonyl (C=O) groups excluding carboxylic acids is 1. The molecule has 3 N–H and O–H groups in total. The van der Waals surface area contributed by atoms with E-state index in [1.807, 2.05) is 6.92 Å². The van der Waals surface area contributed by atoms with Crippen molar-refractivity contribution in [3.63, 3.8) is 0 Å². The van der Waals surface area contributed by atoms with Crippen LogP contribution in [0.3, 0.4) is 0 Å². The molecule has 2 fully saturated rings. The number of rotatable bonds is 8. The van der Waals surface area contributed by atoms with E-state index in [0.717, 1.165) is 16.1 Å². The molecular weight excluding hydrogens is 574 g/mol. The molecule has 0 unspecified atom stereocenters. The van der Waals surface area contributed by atoms with Gasteiger partial charge in [0, 0.05) is 47.7 Å². The van der Waals surface area contributed by atoms with Gasteiger partial charge in [0.15, 0.2) is 23.0 Å². The Bertz CT molecular complexity index is 1770. The lowest BCUT2D eigenvalue weighted by Gasteiger charge is -2.37. The Balaban J connectivity index is 1.34. The fraction of sp³-hybridized carbons (Fsp3) is 0.286. The maximum absolute atomic E-state index is 15.2. The largest absolute Gasteiger partial charge is 0.450 e. The summed E-state index contributed by atoms with van der Waals surface area (Å²) in [6, 6.07) is 10.0. The number of anilines is 1. The standard InChI is InChI=1S/C28H26F2N4O7S/c1-27(13-39-14-27)12-32-26(35)33-17-9-20(29)24(21(30)10-17)41-22-7-8-31-25-23(22)19(28(36)15-40-16-28)11-34(25)42(37,38)18-5-3-2-4-6-18/h2-11,36H,12-16H2,1H3,(H2,32,33,35). The van der Waals surface area contributed by atoms with Crippen LogP contribution in [0, 0.1) is 17.0 Å². The first kappa shape index (κ1) is 28.0. The molecule has 0 spiro atoms.